The summed E-state index contributed by atoms with van der Waals surface area (Å²) in [5.41, 5.74) is 7.27. The summed E-state index contributed by atoms with van der Waals surface area (Å²) in [6, 6.07) is 5.49. The second-order valence-electron chi connectivity index (χ2n) is 3.30. The van der Waals surface area contributed by atoms with E-state index < -0.39 is 0 Å². The van der Waals surface area contributed by atoms with Gasteiger partial charge in [-0.15, -0.1) is 0 Å². The van der Waals surface area contributed by atoms with E-state index in [1.165, 1.54) is 0 Å². The summed E-state index contributed by atoms with van der Waals surface area (Å²) in [5, 5.41) is 0.685. The van der Waals surface area contributed by atoms with Gasteiger partial charge in [0.25, 0.3) is 0 Å². The van der Waals surface area contributed by atoms with Crippen molar-refractivity contribution >= 4 is 29.2 Å². The van der Waals surface area contributed by atoms with Crippen LogP contribution in [-0.2, 0) is 0 Å². The van der Waals surface area contributed by atoms with Crippen LogP contribution in [0.15, 0.2) is 18.2 Å². The van der Waals surface area contributed by atoms with Crippen molar-refractivity contribution in [1.29, 1.82) is 0 Å². The Bertz CT molecular complexity index is 452. The zero-order valence-corrected chi connectivity index (χ0v) is 9.92. The van der Waals surface area contributed by atoms with Crippen LogP contribution in [0, 0.1) is 6.92 Å². The van der Waals surface area contributed by atoms with Crippen LogP contribution in [0.4, 0.5) is 5.95 Å². The first kappa shape index (κ1) is 11.1. The van der Waals surface area contributed by atoms with Crippen molar-refractivity contribution in [2.75, 3.05) is 5.73 Å². The summed E-state index contributed by atoms with van der Waals surface area (Å²) in [6.45, 7) is 1.93. The van der Waals surface area contributed by atoms with Crippen molar-refractivity contribution in [2.24, 2.45) is 0 Å². The molecular weight excluding hydrogens is 247 g/mol. The fraction of sp³-hybridized carbons (Fsp3) is 0.100. The standard InChI is InChI=1S/C10H8Cl2N4/c1-5-2-6(4-7(11)3-5)8-14-9(12)16-10(13)15-8/h2-4H,1H3,(H2,13,14,15,16). The number of nitrogens with zero attached hydrogens (tertiary/aromatic N) is 3. The minimum absolute atomic E-state index is 0.0696. The monoisotopic (exact) mass is 254 g/mol. The quantitative estimate of drug-likeness (QED) is 0.850. The van der Waals surface area contributed by atoms with Gasteiger partial charge in [0, 0.05) is 10.6 Å². The third-order valence-corrected chi connectivity index (χ3v) is 2.31. The molecule has 1 heterocycles. The van der Waals surface area contributed by atoms with Gasteiger partial charge in [-0.3, -0.25) is 0 Å². The highest BCUT2D eigenvalue weighted by Crippen LogP contribution is 2.22. The van der Waals surface area contributed by atoms with Crippen LogP contribution in [-0.4, -0.2) is 15.0 Å². The topological polar surface area (TPSA) is 64.7 Å². The van der Waals surface area contributed by atoms with Crippen LogP contribution in [0.25, 0.3) is 11.4 Å². The molecule has 0 saturated carbocycles. The molecule has 0 bridgehead atoms. The molecule has 1 aromatic heterocycles. The molecule has 0 radical (unpaired) electrons. The number of anilines is 1. The molecule has 16 heavy (non-hydrogen) atoms. The SMILES string of the molecule is Cc1cc(Cl)cc(-c2nc(N)nc(Cl)n2)c1. The van der Waals surface area contributed by atoms with E-state index >= 15 is 0 Å². The largest absolute Gasteiger partial charge is 0.368 e. The van der Waals surface area contributed by atoms with Gasteiger partial charge in [0.2, 0.25) is 11.2 Å². The van der Waals surface area contributed by atoms with Crippen molar-refractivity contribution in [1.82, 2.24) is 15.0 Å². The molecule has 0 aliphatic carbocycles. The molecule has 0 amide bonds. The van der Waals surface area contributed by atoms with Crippen molar-refractivity contribution in [2.45, 2.75) is 6.92 Å². The average Bonchev–Trinajstić information content (AvgIpc) is 2.14. The normalized spacial score (nSPS) is 10.4. The van der Waals surface area contributed by atoms with Crippen molar-refractivity contribution < 1.29 is 0 Å². The zero-order valence-electron chi connectivity index (χ0n) is 8.41. The fourth-order valence-corrected chi connectivity index (χ4v) is 1.82. The summed E-state index contributed by atoms with van der Waals surface area (Å²) in [7, 11) is 0. The molecule has 1 aromatic carbocycles. The molecular formula is C10H8Cl2N4. The Hall–Kier alpha value is -1.39. The maximum absolute atomic E-state index is 5.94. The lowest BCUT2D eigenvalue weighted by molar-refractivity contribution is 1.07. The first-order chi connectivity index (χ1) is 7.54. The molecule has 0 aliphatic rings. The number of aromatic nitrogens is 3. The van der Waals surface area contributed by atoms with Gasteiger partial charge in [-0.05, 0) is 42.3 Å². The van der Waals surface area contributed by atoms with E-state index in [1.807, 2.05) is 19.1 Å². The van der Waals surface area contributed by atoms with Crippen molar-refractivity contribution in [3.63, 3.8) is 0 Å². The van der Waals surface area contributed by atoms with Crippen LogP contribution in [0.2, 0.25) is 10.3 Å². The molecule has 82 valence electrons. The Labute approximate surface area is 102 Å². The molecule has 4 nitrogen and oxygen atoms in total. The molecule has 0 atom stereocenters. The lowest BCUT2D eigenvalue weighted by Crippen LogP contribution is -2.00. The van der Waals surface area contributed by atoms with Gasteiger partial charge in [0.1, 0.15) is 0 Å². The molecule has 2 rings (SSSR count). The third kappa shape index (κ3) is 2.40. The van der Waals surface area contributed by atoms with E-state index in [0.29, 0.717) is 10.8 Å². The number of hydrogen-bond acceptors (Lipinski definition) is 4. The number of nitrogens with two attached hydrogens (primary N) is 1. The number of hydrogen-bond donors (Lipinski definition) is 1. The Kier molecular flexibility index (Phi) is 2.94. The summed E-state index contributed by atoms with van der Waals surface area (Å²) in [4.78, 5) is 11.7. The number of rotatable bonds is 1. The molecule has 0 unspecified atom stereocenters. The summed E-state index contributed by atoms with van der Waals surface area (Å²) < 4.78 is 0. The molecule has 2 N–H and O–H groups in total. The van der Waals surface area contributed by atoms with Gasteiger partial charge < -0.3 is 5.73 Å². The zero-order chi connectivity index (χ0) is 11.7. The Morgan fingerprint density at radius 1 is 1.06 bits per heavy atom. The second-order valence-corrected chi connectivity index (χ2v) is 4.08. The Morgan fingerprint density at radius 3 is 2.44 bits per heavy atom. The molecule has 0 saturated heterocycles. The van der Waals surface area contributed by atoms with E-state index in [0.717, 1.165) is 11.1 Å². The van der Waals surface area contributed by atoms with Crippen LogP contribution >= 0.6 is 23.2 Å². The minimum atomic E-state index is 0.0696. The van der Waals surface area contributed by atoms with Gasteiger partial charge in [0.15, 0.2) is 5.82 Å². The van der Waals surface area contributed by atoms with Gasteiger partial charge in [-0.25, -0.2) is 0 Å². The van der Waals surface area contributed by atoms with Crippen LogP contribution in [0.5, 0.6) is 0 Å². The molecule has 0 fully saturated rings. The maximum atomic E-state index is 5.94. The van der Waals surface area contributed by atoms with Crippen molar-refractivity contribution in [3.8, 4) is 11.4 Å². The predicted molar refractivity (Wildman–Crippen MR) is 64.4 cm³/mol. The van der Waals surface area contributed by atoms with Gasteiger partial charge >= 0.3 is 0 Å². The summed E-state index contributed by atoms with van der Waals surface area (Å²) in [6.07, 6.45) is 0. The highest BCUT2D eigenvalue weighted by atomic mass is 35.5. The molecule has 2 aromatic rings. The van der Waals surface area contributed by atoms with Crippen molar-refractivity contribution in [3.05, 3.63) is 34.1 Å². The third-order valence-electron chi connectivity index (χ3n) is 1.93. The van der Waals surface area contributed by atoms with Crippen LogP contribution in [0.3, 0.4) is 0 Å². The highest BCUT2D eigenvalue weighted by molar-refractivity contribution is 6.31. The van der Waals surface area contributed by atoms with E-state index in [-0.39, 0.29) is 11.2 Å². The average molecular weight is 255 g/mol. The van der Waals surface area contributed by atoms with E-state index in [1.54, 1.807) is 6.07 Å². The smallest absolute Gasteiger partial charge is 0.227 e. The molecule has 0 aliphatic heterocycles. The number of benzene rings is 1. The highest BCUT2D eigenvalue weighted by Gasteiger charge is 2.06. The summed E-state index contributed by atoms with van der Waals surface area (Å²) >= 11 is 11.6. The molecule has 6 heteroatoms. The maximum Gasteiger partial charge on any atom is 0.227 e. The van der Waals surface area contributed by atoms with Crippen LogP contribution in [0.1, 0.15) is 5.56 Å². The van der Waals surface area contributed by atoms with E-state index in [4.69, 9.17) is 28.9 Å². The number of halogens is 2. The predicted octanol–water partition coefficient (Wildman–Crippen LogP) is 2.74. The van der Waals surface area contributed by atoms with Crippen LogP contribution < -0.4 is 5.73 Å². The number of nitrogen functional groups attached to an aromatic ring is 1. The number of aryl methyl sites for hydroxylation is 1. The lowest BCUT2D eigenvalue weighted by atomic mass is 10.1. The molecule has 0 spiro atoms. The second kappa shape index (κ2) is 4.23. The minimum Gasteiger partial charge on any atom is -0.368 e. The van der Waals surface area contributed by atoms with Gasteiger partial charge in [-0.2, -0.15) is 15.0 Å². The lowest BCUT2D eigenvalue weighted by Gasteiger charge is -2.03. The fourth-order valence-electron chi connectivity index (χ4n) is 1.36. The Morgan fingerprint density at radius 2 is 1.81 bits per heavy atom. The first-order valence-corrected chi connectivity index (χ1v) is 5.25. The first-order valence-electron chi connectivity index (χ1n) is 4.49. The summed E-state index contributed by atoms with van der Waals surface area (Å²) in [5.74, 6) is 0.510. The van der Waals surface area contributed by atoms with E-state index in [9.17, 15) is 0 Å². The van der Waals surface area contributed by atoms with Gasteiger partial charge in [0.05, 0.1) is 0 Å². The van der Waals surface area contributed by atoms with Gasteiger partial charge in [-0.1, -0.05) is 11.6 Å². The van der Waals surface area contributed by atoms with E-state index in [2.05, 4.69) is 15.0 Å². The Balaban J connectivity index is 2.57.